The average molecular weight is 370 g/mol. The van der Waals surface area contributed by atoms with Crippen LogP contribution in [0.25, 0.3) is 0 Å². The molecule has 0 N–H and O–H groups in total. The molecule has 1 saturated heterocycles. The fourth-order valence-corrected chi connectivity index (χ4v) is 3.11. The van der Waals surface area contributed by atoms with E-state index in [1.165, 1.54) is 0 Å². The number of halogens is 1. The summed E-state index contributed by atoms with van der Waals surface area (Å²) < 4.78 is 12.0. The predicted octanol–water partition coefficient (Wildman–Crippen LogP) is 3.41. The molecular weight excluding hydrogens is 346 g/mol. The second-order valence-corrected chi connectivity index (χ2v) is 6.55. The molecule has 0 aromatic heterocycles. The van der Waals surface area contributed by atoms with E-state index >= 15 is 0 Å². The van der Waals surface area contributed by atoms with Crippen LogP contribution in [-0.2, 0) is 9.53 Å². The molecule has 0 unspecified atom stereocenters. The zero-order chi connectivity index (χ0) is 15.9. The maximum atomic E-state index is 11.5. The Hall–Kier alpha value is -1.07. The summed E-state index contributed by atoms with van der Waals surface area (Å²) in [4.78, 5) is 13.7. The summed E-state index contributed by atoms with van der Waals surface area (Å²) in [6, 6.07) is 6.01. The van der Waals surface area contributed by atoms with E-state index in [9.17, 15) is 4.79 Å². The minimum atomic E-state index is -0.121. The van der Waals surface area contributed by atoms with Crippen molar-refractivity contribution in [1.29, 1.82) is 0 Å². The van der Waals surface area contributed by atoms with E-state index in [4.69, 9.17) is 9.47 Å². The molecule has 1 aromatic rings. The molecule has 0 radical (unpaired) electrons. The number of ether oxygens (including phenoxy) is 2. The largest absolute Gasteiger partial charge is 0.493 e. The third-order valence-corrected chi connectivity index (χ3v) is 4.89. The number of nitrogens with zero attached hydrogens (tertiary/aromatic N) is 1. The van der Waals surface area contributed by atoms with Gasteiger partial charge in [0.25, 0.3) is 0 Å². The molecule has 2 rings (SSSR count). The van der Waals surface area contributed by atoms with E-state index < -0.39 is 0 Å². The summed E-state index contributed by atoms with van der Waals surface area (Å²) in [5, 5.41) is 0. The first kappa shape index (κ1) is 17.3. The quantitative estimate of drug-likeness (QED) is 0.690. The van der Waals surface area contributed by atoms with Gasteiger partial charge < -0.3 is 9.47 Å². The molecule has 4 nitrogen and oxygen atoms in total. The Kier molecular flexibility index (Phi) is 6.70. The molecular formula is C17H24BrNO3. The summed E-state index contributed by atoms with van der Waals surface area (Å²) in [7, 11) is 0. The Morgan fingerprint density at radius 1 is 1.45 bits per heavy atom. The number of rotatable bonds is 7. The number of carbonyl (C=O) groups excluding carboxylic acids is 1. The van der Waals surface area contributed by atoms with Crippen molar-refractivity contribution in [2.75, 3.05) is 32.8 Å². The molecule has 0 bridgehead atoms. The lowest BCUT2D eigenvalue weighted by Gasteiger charge is -2.15. The van der Waals surface area contributed by atoms with Gasteiger partial charge in [0, 0.05) is 16.6 Å². The first-order valence-corrected chi connectivity index (χ1v) is 8.65. The van der Waals surface area contributed by atoms with Crippen LogP contribution in [0.4, 0.5) is 0 Å². The van der Waals surface area contributed by atoms with Gasteiger partial charge in [0.15, 0.2) is 0 Å². The van der Waals surface area contributed by atoms with E-state index in [-0.39, 0.29) is 5.97 Å². The summed E-state index contributed by atoms with van der Waals surface area (Å²) >= 11 is 3.52. The van der Waals surface area contributed by atoms with Crippen molar-refractivity contribution in [3.8, 4) is 5.75 Å². The molecule has 1 aliphatic heterocycles. The molecule has 122 valence electrons. The fourth-order valence-electron chi connectivity index (χ4n) is 2.76. The smallest absolute Gasteiger partial charge is 0.320 e. The van der Waals surface area contributed by atoms with Gasteiger partial charge in [0.1, 0.15) is 5.75 Å². The Morgan fingerprint density at radius 3 is 3.05 bits per heavy atom. The van der Waals surface area contributed by atoms with Gasteiger partial charge in [-0.05, 0) is 51.3 Å². The highest BCUT2D eigenvalue weighted by atomic mass is 79.9. The van der Waals surface area contributed by atoms with Crippen molar-refractivity contribution in [3.63, 3.8) is 0 Å². The third kappa shape index (κ3) is 4.99. The van der Waals surface area contributed by atoms with Crippen molar-refractivity contribution in [2.45, 2.75) is 26.7 Å². The first-order chi connectivity index (χ1) is 10.6. The highest BCUT2D eigenvalue weighted by molar-refractivity contribution is 9.10. The number of carbonyl (C=O) groups is 1. The summed E-state index contributed by atoms with van der Waals surface area (Å²) in [6.07, 6.45) is 2.14. The van der Waals surface area contributed by atoms with Crippen LogP contribution in [0.15, 0.2) is 22.7 Å². The van der Waals surface area contributed by atoms with Crippen molar-refractivity contribution < 1.29 is 14.3 Å². The van der Waals surface area contributed by atoms with E-state index in [0.717, 1.165) is 48.3 Å². The Balaban J connectivity index is 1.70. The molecule has 22 heavy (non-hydrogen) atoms. The number of hydrogen-bond acceptors (Lipinski definition) is 4. The van der Waals surface area contributed by atoms with E-state index in [1.54, 1.807) is 0 Å². The van der Waals surface area contributed by atoms with Gasteiger partial charge in [0.05, 0.1) is 19.8 Å². The van der Waals surface area contributed by atoms with Crippen LogP contribution in [0, 0.1) is 12.8 Å². The number of likely N-dealkylation sites (tertiary alicyclic amines) is 1. The molecule has 1 atom stereocenters. The molecule has 0 aliphatic carbocycles. The van der Waals surface area contributed by atoms with Gasteiger partial charge in [0.2, 0.25) is 0 Å². The zero-order valence-electron chi connectivity index (χ0n) is 13.3. The molecule has 0 saturated carbocycles. The van der Waals surface area contributed by atoms with E-state index in [0.29, 0.717) is 19.1 Å². The van der Waals surface area contributed by atoms with E-state index in [2.05, 4.69) is 27.8 Å². The van der Waals surface area contributed by atoms with Gasteiger partial charge in [-0.2, -0.15) is 0 Å². The van der Waals surface area contributed by atoms with Crippen LogP contribution in [0.3, 0.4) is 0 Å². The highest BCUT2D eigenvalue weighted by Gasteiger charge is 2.24. The van der Waals surface area contributed by atoms with Gasteiger partial charge in [-0.1, -0.05) is 22.0 Å². The Labute approximate surface area is 140 Å². The third-order valence-electron chi connectivity index (χ3n) is 4.03. The van der Waals surface area contributed by atoms with Crippen LogP contribution in [-0.4, -0.2) is 43.7 Å². The van der Waals surface area contributed by atoms with Gasteiger partial charge in [-0.25, -0.2) is 0 Å². The zero-order valence-corrected chi connectivity index (χ0v) is 14.9. The number of hydrogen-bond donors (Lipinski definition) is 0. The van der Waals surface area contributed by atoms with Crippen molar-refractivity contribution in [3.05, 3.63) is 28.2 Å². The van der Waals surface area contributed by atoms with Gasteiger partial charge in [-0.15, -0.1) is 0 Å². The standard InChI is InChI=1S/C17H24BrNO3/c1-3-21-17(20)12-19-9-7-14(11-19)8-10-22-16-6-4-5-15(18)13(16)2/h4-6,14H,3,7-12H2,1-2H3/t14-/m0/s1. The lowest BCUT2D eigenvalue weighted by atomic mass is 10.1. The van der Waals surface area contributed by atoms with Crippen LogP contribution < -0.4 is 4.74 Å². The minimum absolute atomic E-state index is 0.121. The lowest BCUT2D eigenvalue weighted by molar-refractivity contribution is -0.144. The SMILES string of the molecule is CCOC(=O)CN1CC[C@@H](CCOc2cccc(Br)c2C)C1. The molecule has 1 aromatic carbocycles. The van der Waals surface area contributed by atoms with Crippen molar-refractivity contribution in [2.24, 2.45) is 5.92 Å². The molecule has 1 aliphatic rings. The molecule has 5 heteroatoms. The van der Waals surface area contributed by atoms with Gasteiger partial charge >= 0.3 is 5.97 Å². The summed E-state index contributed by atoms with van der Waals surface area (Å²) in [6.45, 7) is 7.40. The maximum absolute atomic E-state index is 11.5. The number of benzene rings is 1. The van der Waals surface area contributed by atoms with Crippen LogP contribution in [0.1, 0.15) is 25.3 Å². The lowest BCUT2D eigenvalue weighted by Crippen LogP contribution is -2.29. The molecule has 1 heterocycles. The highest BCUT2D eigenvalue weighted by Crippen LogP contribution is 2.26. The average Bonchev–Trinajstić information content (AvgIpc) is 2.91. The summed E-state index contributed by atoms with van der Waals surface area (Å²) in [5.74, 6) is 1.42. The molecule has 0 amide bonds. The van der Waals surface area contributed by atoms with Crippen molar-refractivity contribution in [1.82, 2.24) is 4.90 Å². The van der Waals surface area contributed by atoms with Crippen LogP contribution >= 0.6 is 15.9 Å². The topological polar surface area (TPSA) is 38.8 Å². The first-order valence-electron chi connectivity index (χ1n) is 7.86. The van der Waals surface area contributed by atoms with E-state index in [1.807, 2.05) is 25.1 Å². The van der Waals surface area contributed by atoms with Crippen LogP contribution in [0.2, 0.25) is 0 Å². The van der Waals surface area contributed by atoms with Crippen LogP contribution in [0.5, 0.6) is 5.75 Å². The Bertz CT molecular complexity index is 507. The minimum Gasteiger partial charge on any atom is -0.493 e. The normalized spacial score (nSPS) is 18.4. The fraction of sp³-hybridized carbons (Fsp3) is 0.588. The molecule has 1 fully saturated rings. The van der Waals surface area contributed by atoms with Gasteiger partial charge in [-0.3, -0.25) is 9.69 Å². The predicted molar refractivity (Wildman–Crippen MR) is 90.2 cm³/mol. The summed E-state index contributed by atoms with van der Waals surface area (Å²) in [5.41, 5.74) is 1.14. The van der Waals surface area contributed by atoms with Crippen molar-refractivity contribution >= 4 is 21.9 Å². The molecule has 0 spiro atoms. The Morgan fingerprint density at radius 2 is 2.27 bits per heavy atom. The monoisotopic (exact) mass is 369 g/mol. The number of esters is 1. The maximum Gasteiger partial charge on any atom is 0.320 e. The second kappa shape index (κ2) is 8.53. The second-order valence-electron chi connectivity index (χ2n) is 5.69.